The lowest BCUT2D eigenvalue weighted by Gasteiger charge is -2.20. The summed E-state index contributed by atoms with van der Waals surface area (Å²) in [6, 6.07) is 5.75. The maximum atomic E-state index is 12.2. The van der Waals surface area contributed by atoms with Crippen LogP contribution >= 0.6 is 15.9 Å². The number of likely N-dealkylation sites (N-methyl/N-ethyl adjacent to an activating group) is 1. The Labute approximate surface area is 121 Å². The Kier molecular flexibility index (Phi) is 3.98. The number of benzene rings is 1. The molecule has 0 saturated heterocycles. The molecule has 1 aromatic rings. The Morgan fingerprint density at radius 1 is 1.47 bits per heavy atom. The van der Waals surface area contributed by atoms with Crippen molar-refractivity contribution in [2.45, 2.75) is 6.42 Å². The third-order valence-electron chi connectivity index (χ3n) is 3.16. The molecular formula is C12H15BrN2O3S. The molecule has 0 spiro atoms. The minimum Gasteiger partial charge on any atom is -0.311 e. The van der Waals surface area contributed by atoms with Gasteiger partial charge in [-0.25, -0.2) is 8.42 Å². The fraction of sp³-hybridized carbons (Fsp3) is 0.417. The van der Waals surface area contributed by atoms with Crippen LogP contribution in [-0.2, 0) is 21.2 Å². The Hall–Kier alpha value is -0.920. The molecule has 0 bridgehead atoms. The Balaban J connectivity index is 2.16. The molecular weight excluding hydrogens is 332 g/mol. The first-order valence-electron chi connectivity index (χ1n) is 5.79. The lowest BCUT2D eigenvalue weighted by atomic mass is 10.2. The molecule has 1 amide bonds. The molecule has 1 aliphatic heterocycles. The summed E-state index contributed by atoms with van der Waals surface area (Å²) in [5.41, 5.74) is 1.97. The first-order valence-corrected chi connectivity index (χ1v) is 8.43. The van der Waals surface area contributed by atoms with Gasteiger partial charge in [-0.15, -0.1) is 0 Å². The van der Waals surface area contributed by atoms with Gasteiger partial charge < -0.3 is 4.90 Å². The minimum absolute atomic E-state index is 0.131. The third kappa shape index (κ3) is 3.16. The van der Waals surface area contributed by atoms with Crippen LogP contribution in [-0.4, -0.2) is 45.0 Å². The largest absolute Gasteiger partial charge is 0.311 e. The van der Waals surface area contributed by atoms with E-state index in [0.717, 1.165) is 32.7 Å². The zero-order valence-electron chi connectivity index (χ0n) is 10.8. The van der Waals surface area contributed by atoms with Crippen LogP contribution in [0.5, 0.6) is 0 Å². The van der Waals surface area contributed by atoms with Crippen LogP contribution in [0.15, 0.2) is 22.7 Å². The van der Waals surface area contributed by atoms with Gasteiger partial charge in [-0.1, -0.05) is 15.9 Å². The zero-order chi connectivity index (χ0) is 14.2. The molecule has 0 saturated carbocycles. The lowest BCUT2D eigenvalue weighted by molar-refractivity contribution is -0.118. The van der Waals surface area contributed by atoms with E-state index in [-0.39, 0.29) is 12.5 Å². The molecule has 1 aliphatic rings. The molecule has 1 heterocycles. The van der Waals surface area contributed by atoms with Crippen LogP contribution in [0, 0.1) is 0 Å². The number of fused-ring (bicyclic) bond motifs is 1. The number of carbonyl (C=O) groups is 1. The highest BCUT2D eigenvalue weighted by Gasteiger charge is 2.26. The summed E-state index contributed by atoms with van der Waals surface area (Å²) < 4.78 is 24.7. The van der Waals surface area contributed by atoms with E-state index in [4.69, 9.17) is 0 Å². The maximum absolute atomic E-state index is 12.2. The second-order valence-electron chi connectivity index (χ2n) is 4.59. The topological polar surface area (TPSA) is 57.7 Å². The quantitative estimate of drug-likeness (QED) is 0.826. The molecule has 0 fully saturated rings. The average molecular weight is 347 g/mol. The van der Waals surface area contributed by atoms with Gasteiger partial charge in [0, 0.05) is 23.8 Å². The number of hydrogen-bond acceptors (Lipinski definition) is 3. The maximum Gasteiger partial charge on any atom is 0.242 e. The molecule has 0 atom stereocenters. The fourth-order valence-corrected chi connectivity index (χ4v) is 2.78. The normalized spacial score (nSPS) is 14.8. The summed E-state index contributed by atoms with van der Waals surface area (Å²) in [6.07, 6.45) is 1.89. The highest BCUT2D eigenvalue weighted by Crippen LogP contribution is 2.30. The van der Waals surface area contributed by atoms with Gasteiger partial charge in [0.25, 0.3) is 0 Å². The summed E-state index contributed by atoms with van der Waals surface area (Å²) in [5, 5.41) is 0. The van der Waals surface area contributed by atoms with E-state index in [1.54, 1.807) is 4.90 Å². The molecule has 2 rings (SSSR count). The number of rotatable bonds is 3. The van der Waals surface area contributed by atoms with Crippen molar-refractivity contribution in [2.75, 3.05) is 31.3 Å². The highest BCUT2D eigenvalue weighted by atomic mass is 79.9. The number of carbonyl (C=O) groups excluding carboxylic acids is 1. The predicted molar refractivity (Wildman–Crippen MR) is 77.7 cm³/mol. The molecule has 0 unspecified atom stereocenters. The monoisotopic (exact) mass is 346 g/mol. The van der Waals surface area contributed by atoms with E-state index < -0.39 is 10.0 Å². The van der Waals surface area contributed by atoms with Gasteiger partial charge in [0.15, 0.2) is 0 Å². The summed E-state index contributed by atoms with van der Waals surface area (Å²) in [7, 11) is -1.92. The SMILES string of the molecule is CN(CC(=O)N1CCc2cc(Br)ccc21)S(C)(=O)=O. The van der Waals surface area contributed by atoms with E-state index in [0.29, 0.717) is 6.54 Å². The van der Waals surface area contributed by atoms with Crippen molar-refractivity contribution in [3.63, 3.8) is 0 Å². The van der Waals surface area contributed by atoms with Gasteiger partial charge >= 0.3 is 0 Å². The summed E-state index contributed by atoms with van der Waals surface area (Å²) >= 11 is 3.40. The molecule has 0 aliphatic carbocycles. The molecule has 7 heteroatoms. The van der Waals surface area contributed by atoms with Crippen molar-refractivity contribution in [3.8, 4) is 0 Å². The molecule has 5 nitrogen and oxygen atoms in total. The van der Waals surface area contributed by atoms with Crippen LogP contribution in [0.4, 0.5) is 5.69 Å². The number of hydrogen-bond donors (Lipinski definition) is 0. The van der Waals surface area contributed by atoms with Gasteiger partial charge in [0.1, 0.15) is 0 Å². The van der Waals surface area contributed by atoms with E-state index in [9.17, 15) is 13.2 Å². The number of nitrogens with zero attached hydrogens (tertiary/aromatic N) is 2. The highest BCUT2D eigenvalue weighted by molar-refractivity contribution is 9.10. The predicted octanol–water partition coefficient (Wildman–Crippen LogP) is 1.23. The zero-order valence-corrected chi connectivity index (χ0v) is 13.2. The van der Waals surface area contributed by atoms with Crippen molar-refractivity contribution in [3.05, 3.63) is 28.2 Å². The van der Waals surface area contributed by atoms with E-state index in [1.807, 2.05) is 18.2 Å². The molecule has 104 valence electrons. The van der Waals surface area contributed by atoms with E-state index >= 15 is 0 Å². The van der Waals surface area contributed by atoms with Gasteiger partial charge in [0.05, 0.1) is 12.8 Å². The van der Waals surface area contributed by atoms with Crippen LogP contribution < -0.4 is 4.90 Å². The summed E-state index contributed by atoms with van der Waals surface area (Å²) in [5.74, 6) is -0.200. The fourth-order valence-electron chi connectivity index (χ4n) is 2.02. The molecule has 19 heavy (non-hydrogen) atoms. The van der Waals surface area contributed by atoms with Crippen LogP contribution in [0.1, 0.15) is 5.56 Å². The lowest BCUT2D eigenvalue weighted by Crippen LogP contribution is -2.40. The smallest absolute Gasteiger partial charge is 0.242 e. The number of halogens is 1. The number of amides is 1. The van der Waals surface area contributed by atoms with Crippen molar-refractivity contribution < 1.29 is 13.2 Å². The van der Waals surface area contributed by atoms with Gasteiger partial charge in [-0.05, 0) is 30.2 Å². The minimum atomic E-state index is -3.33. The molecule has 0 radical (unpaired) electrons. The van der Waals surface area contributed by atoms with Crippen LogP contribution in [0.2, 0.25) is 0 Å². The Morgan fingerprint density at radius 3 is 2.79 bits per heavy atom. The first kappa shape index (κ1) is 14.5. The Morgan fingerprint density at radius 2 is 2.16 bits per heavy atom. The molecule has 1 aromatic carbocycles. The van der Waals surface area contributed by atoms with Gasteiger partial charge in [-0.2, -0.15) is 4.31 Å². The summed E-state index contributed by atoms with van der Waals surface area (Å²) in [4.78, 5) is 13.8. The first-order chi connectivity index (χ1) is 8.79. The average Bonchev–Trinajstić information content (AvgIpc) is 2.70. The van der Waals surface area contributed by atoms with Crippen LogP contribution in [0.3, 0.4) is 0 Å². The van der Waals surface area contributed by atoms with Crippen molar-refractivity contribution in [2.24, 2.45) is 0 Å². The van der Waals surface area contributed by atoms with E-state index in [1.165, 1.54) is 7.05 Å². The van der Waals surface area contributed by atoms with Crippen molar-refractivity contribution in [1.29, 1.82) is 0 Å². The van der Waals surface area contributed by atoms with Gasteiger partial charge in [-0.3, -0.25) is 4.79 Å². The second kappa shape index (κ2) is 5.22. The third-order valence-corrected chi connectivity index (χ3v) is 4.92. The van der Waals surface area contributed by atoms with Crippen molar-refractivity contribution >= 4 is 37.5 Å². The second-order valence-corrected chi connectivity index (χ2v) is 7.59. The molecule has 0 aromatic heterocycles. The summed E-state index contributed by atoms with van der Waals surface area (Å²) in [6.45, 7) is 0.469. The van der Waals surface area contributed by atoms with Crippen molar-refractivity contribution in [1.82, 2.24) is 4.31 Å². The van der Waals surface area contributed by atoms with E-state index in [2.05, 4.69) is 15.9 Å². The van der Waals surface area contributed by atoms with Gasteiger partial charge in [0.2, 0.25) is 15.9 Å². The molecule has 0 N–H and O–H groups in total. The van der Waals surface area contributed by atoms with Crippen LogP contribution in [0.25, 0.3) is 0 Å². The number of sulfonamides is 1. The standard InChI is InChI=1S/C12H15BrN2O3S/c1-14(19(2,17)18)8-12(16)15-6-5-9-7-10(13)3-4-11(9)15/h3-4,7H,5-6,8H2,1-2H3. The Bertz CT molecular complexity index is 615. The number of anilines is 1.